The third kappa shape index (κ3) is 7.25. The number of halogens is 3. The van der Waals surface area contributed by atoms with Crippen molar-refractivity contribution in [2.45, 2.75) is 44.7 Å². The molecule has 1 N–H and O–H groups in total. The maximum absolute atomic E-state index is 14.0. The van der Waals surface area contributed by atoms with Gasteiger partial charge in [-0.05, 0) is 62.2 Å². The molecule has 1 atom stereocenters. The summed E-state index contributed by atoms with van der Waals surface area (Å²) in [6, 6.07) is 16.6. The molecule has 7 nitrogen and oxygen atoms in total. The Morgan fingerprint density at radius 2 is 1.49 bits per heavy atom. The lowest BCUT2D eigenvalue weighted by Gasteiger charge is -2.32. The average Bonchev–Trinajstić information content (AvgIpc) is 2.92. The second-order valence-electron chi connectivity index (χ2n) is 8.90. The fourth-order valence-electron chi connectivity index (χ4n) is 3.93. The molecule has 2 amide bonds. The van der Waals surface area contributed by atoms with Crippen molar-refractivity contribution in [1.29, 1.82) is 0 Å². The van der Waals surface area contributed by atoms with Crippen LogP contribution in [0.4, 0.5) is 5.69 Å². The van der Waals surface area contributed by atoms with Crippen molar-refractivity contribution >= 4 is 62.3 Å². The Balaban J connectivity index is 2.09. The summed E-state index contributed by atoms with van der Waals surface area (Å²) in [6.45, 7) is 4.90. The van der Waals surface area contributed by atoms with Crippen LogP contribution in [0.5, 0.6) is 0 Å². The molecule has 0 aliphatic carbocycles. The van der Waals surface area contributed by atoms with Crippen molar-refractivity contribution in [1.82, 2.24) is 10.2 Å². The molecular weight excluding hydrogens is 581 g/mol. The van der Waals surface area contributed by atoms with Crippen LogP contribution in [0.25, 0.3) is 0 Å². The van der Waals surface area contributed by atoms with E-state index in [-0.39, 0.29) is 23.0 Å². The van der Waals surface area contributed by atoms with E-state index in [2.05, 4.69) is 5.32 Å². The Kier molecular flexibility index (Phi) is 10.7. The summed E-state index contributed by atoms with van der Waals surface area (Å²) < 4.78 is 28.7. The zero-order valence-electron chi connectivity index (χ0n) is 21.8. The lowest BCUT2D eigenvalue weighted by molar-refractivity contribution is -0.139. The molecule has 39 heavy (non-hydrogen) atoms. The highest BCUT2D eigenvalue weighted by atomic mass is 35.5. The van der Waals surface area contributed by atoms with Crippen molar-refractivity contribution in [3.05, 3.63) is 92.9 Å². The van der Waals surface area contributed by atoms with Crippen LogP contribution in [0.3, 0.4) is 0 Å². The Labute approximate surface area is 244 Å². The van der Waals surface area contributed by atoms with Crippen LogP contribution < -0.4 is 9.62 Å². The van der Waals surface area contributed by atoms with Gasteiger partial charge in [-0.25, -0.2) is 8.42 Å². The molecule has 0 fully saturated rings. The van der Waals surface area contributed by atoms with Crippen LogP contribution in [0.1, 0.15) is 31.4 Å². The lowest BCUT2D eigenvalue weighted by Crippen LogP contribution is -2.51. The SMILES string of the molecule is CCCNC(=O)[C@H](C)N(Cc1c(Cl)cccc1Cl)C(=O)CN(c1cccc(Cl)c1C)S(=O)(=O)c1ccccc1. The molecule has 3 aromatic carbocycles. The van der Waals surface area contributed by atoms with Crippen LogP contribution in [-0.4, -0.2) is 44.3 Å². The van der Waals surface area contributed by atoms with Gasteiger partial charge in [-0.15, -0.1) is 0 Å². The minimum Gasteiger partial charge on any atom is -0.354 e. The highest BCUT2D eigenvalue weighted by Gasteiger charge is 2.33. The van der Waals surface area contributed by atoms with Gasteiger partial charge in [0.25, 0.3) is 10.0 Å². The Morgan fingerprint density at radius 3 is 2.10 bits per heavy atom. The Morgan fingerprint density at radius 1 is 0.897 bits per heavy atom. The number of carbonyl (C=O) groups is 2. The van der Waals surface area contributed by atoms with E-state index < -0.39 is 28.5 Å². The summed E-state index contributed by atoms with van der Waals surface area (Å²) in [7, 11) is -4.20. The number of anilines is 1. The normalized spacial score (nSPS) is 12.1. The molecule has 0 aromatic heterocycles. The van der Waals surface area contributed by atoms with Crippen LogP contribution >= 0.6 is 34.8 Å². The fraction of sp³-hybridized carbons (Fsp3) is 0.286. The number of carbonyl (C=O) groups excluding carboxylic acids is 2. The van der Waals surface area contributed by atoms with Gasteiger partial charge in [-0.1, -0.05) is 72.1 Å². The van der Waals surface area contributed by atoms with E-state index in [0.717, 1.165) is 4.31 Å². The number of benzene rings is 3. The van der Waals surface area contributed by atoms with Gasteiger partial charge >= 0.3 is 0 Å². The summed E-state index contributed by atoms with van der Waals surface area (Å²) in [4.78, 5) is 28.2. The van der Waals surface area contributed by atoms with Crippen molar-refractivity contribution in [3.8, 4) is 0 Å². The van der Waals surface area contributed by atoms with Crippen LogP contribution in [-0.2, 0) is 26.2 Å². The zero-order chi connectivity index (χ0) is 28.7. The second-order valence-corrected chi connectivity index (χ2v) is 12.0. The highest BCUT2D eigenvalue weighted by Crippen LogP contribution is 2.32. The molecule has 11 heteroatoms. The minimum absolute atomic E-state index is 0.00612. The summed E-state index contributed by atoms with van der Waals surface area (Å²) in [5.74, 6) is -1.01. The topological polar surface area (TPSA) is 86.8 Å². The van der Waals surface area contributed by atoms with Crippen molar-refractivity contribution in [3.63, 3.8) is 0 Å². The van der Waals surface area contributed by atoms with Crippen molar-refractivity contribution in [2.24, 2.45) is 0 Å². The molecule has 0 spiro atoms. The predicted molar refractivity (Wildman–Crippen MR) is 157 cm³/mol. The molecule has 0 aliphatic heterocycles. The predicted octanol–water partition coefficient (Wildman–Crippen LogP) is 6.09. The second kappa shape index (κ2) is 13.5. The fourth-order valence-corrected chi connectivity index (χ4v) is 6.11. The Hall–Kier alpha value is -2.78. The van der Waals surface area contributed by atoms with Crippen LogP contribution in [0.2, 0.25) is 15.1 Å². The summed E-state index contributed by atoms with van der Waals surface area (Å²) in [6.07, 6.45) is 0.708. The molecule has 0 heterocycles. The van der Waals surface area contributed by atoms with E-state index in [0.29, 0.717) is 39.2 Å². The summed E-state index contributed by atoms with van der Waals surface area (Å²) in [5.41, 5.74) is 1.18. The third-order valence-electron chi connectivity index (χ3n) is 6.22. The van der Waals surface area contributed by atoms with E-state index in [9.17, 15) is 18.0 Å². The van der Waals surface area contributed by atoms with Gasteiger partial charge in [0.05, 0.1) is 10.6 Å². The number of nitrogens with zero attached hydrogens (tertiary/aromatic N) is 2. The van der Waals surface area contributed by atoms with Gasteiger partial charge in [-0.2, -0.15) is 0 Å². The largest absolute Gasteiger partial charge is 0.354 e. The number of rotatable bonds is 11. The molecule has 0 saturated heterocycles. The van der Waals surface area contributed by atoms with Gasteiger partial charge in [0, 0.05) is 33.7 Å². The number of hydrogen-bond donors (Lipinski definition) is 1. The van der Waals surface area contributed by atoms with Gasteiger partial charge in [0.2, 0.25) is 11.8 Å². The zero-order valence-corrected chi connectivity index (χ0v) is 24.9. The smallest absolute Gasteiger partial charge is 0.264 e. The van der Waals surface area contributed by atoms with E-state index >= 15 is 0 Å². The average molecular weight is 611 g/mol. The molecule has 3 rings (SSSR count). The first-order chi connectivity index (χ1) is 18.5. The molecule has 208 valence electrons. The first-order valence-corrected chi connectivity index (χ1v) is 14.9. The van der Waals surface area contributed by atoms with E-state index in [1.54, 1.807) is 68.4 Å². The van der Waals surface area contributed by atoms with Crippen LogP contribution in [0.15, 0.2) is 71.6 Å². The number of amides is 2. The molecule has 0 radical (unpaired) electrons. The van der Waals surface area contributed by atoms with Gasteiger partial charge < -0.3 is 10.2 Å². The standard InChI is InChI=1S/C28H30Cl3N3O4S/c1-4-16-32-28(36)20(3)33(17-22-24(30)13-8-14-25(22)31)27(35)18-34(26-15-9-12-23(29)19(26)2)39(37,38)21-10-6-5-7-11-21/h5-15,20H,4,16-18H2,1-3H3,(H,32,36)/t20-/m0/s1. The van der Waals surface area contributed by atoms with Crippen molar-refractivity contribution in [2.75, 3.05) is 17.4 Å². The molecule has 3 aromatic rings. The maximum Gasteiger partial charge on any atom is 0.264 e. The number of hydrogen-bond acceptors (Lipinski definition) is 4. The Bertz CT molecular complexity index is 1410. The van der Waals surface area contributed by atoms with Crippen molar-refractivity contribution < 1.29 is 18.0 Å². The van der Waals surface area contributed by atoms with E-state index in [1.807, 2.05) is 6.92 Å². The van der Waals surface area contributed by atoms with Crippen LogP contribution in [0, 0.1) is 6.92 Å². The monoisotopic (exact) mass is 609 g/mol. The molecule has 0 unspecified atom stereocenters. The number of sulfonamides is 1. The van der Waals surface area contributed by atoms with Gasteiger partial charge in [0.15, 0.2) is 0 Å². The van der Waals surface area contributed by atoms with Gasteiger partial charge in [-0.3, -0.25) is 13.9 Å². The van der Waals surface area contributed by atoms with E-state index in [1.165, 1.54) is 17.0 Å². The van der Waals surface area contributed by atoms with E-state index in [4.69, 9.17) is 34.8 Å². The molecule has 0 bridgehead atoms. The summed E-state index contributed by atoms with van der Waals surface area (Å²) >= 11 is 19.1. The quantitative estimate of drug-likeness (QED) is 0.285. The molecule has 0 aliphatic rings. The summed E-state index contributed by atoms with van der Waals surface area (Å²) in [5, 5.41) is 3.78. The first kappa shape index (κ1) is 30.8. The third-order valence-corrected chi connectivity index (χ3v) is 9.12. The lowest BCUT2D eigenvalue weighted by atomic mass is 10.1. The maximum atomic E-state index is 14.0. The van der Waals surface area contributed by atoms with Gasteiger partial charge in [0.1, 0.15) is 12.6 Å². The highest BCUT2D eigenvalue weighted by molar-refractivity contribution is 7.92. The number of nitrogens with one attached hydrogen (secondary N) is 1. The molecule has 0 saturated carbocycles. The molecular formula is C28H30Cl3N3O4S. The first-order valence-electron chi connectivity index (χ1n) is 12.3. The minimum atomic E-state index is -4.20.